The highest BCUT2D eigenvalue weighted by molar-refractivity contribution is 6.30. The van der Waals surface area contributed by atoms with Gasteiger partial charge in [0, 0.05) is 21.5 Å². The van der Waals surface area contributed by atoms with E-state index in [0.29, 0.717) is 0 Å². The summed E-state index contributed by atoms with van der Waals surface area (Å²) in [6.45, 7) is 0. The summed E-state index contributed by atoms with van der Waals surface area (Å²) in [7, 11) is 0. The molecule has 0 spiro atoms. The summed E-state index contributed by atoms with van der Waals surface area (Å²) in [5.41, 5.74) is 8.28. The van der Waals surface area contributed by atoms with Gasteiger partial charge in [0.05, 0.1) is 11.0 Å². The van der Waals surface area contributed by atoms with Crippen molar-refractivity contribution in [3.8, 4) is 27.9 Å². The van der Waals surface area contributed by atoms with Crippen LogP contribution in [0.15, 0.2) is 121 Å². The van der Waals surface area contributed by atoms with Crippen molar-refractivity contribution in [1.29, 1.82) is 0 Å². The molecule has 0 radical (unpaired) electrons. The second-order valence-electron chi connectivity index (χ2n) is 8.01. The maximum atomic E-state index is 6.27. The molecule has 152 valence electrons. The van der Waals surface area contributed by atoms with Crippen molar-refractivity contribution >= 4 is 33.4 Å². The number of para-hydroxylation sites is 1. The van der Waals surface area contributed by atoms with Gasteiger partial charge < -0.3 is 4.57 Å². The van der Waals surface area contributed by atoms with Gasteiger partial charge in [-0.15, -0.1) is 0 Å². The van der Waals surface area contributed by atoms with E-state index in [2.05, 4.69) is 108 Å². The topological polar surface area (TPSA) is 4.93 Å². The molecule has 1 heterocycles. The Bertz CT molecular complexity index is 1560. The zero-order valence-corrected chi connectivity index (χ0v) is 18.1. The Hall–Kier alpha value is -3.81. The molecule has 0 bridgehead atoms. The van der Waals surface area contributed by atoms with Crippen LogP contribution in [0, 0.1) is 0 Å². The minimum Gasteiger partial charge on any atom is -0.309 e. The highest BCUT2D eigenvalue weighted by atomic mass is 35.5. The first kappa shape index (κ1) is 18.9. The van der Waals surface area contributed by atoms with Crippen LogP contribution in [0.2, 0.25) is 5.02 Å². The number of benzene rings is 5. The zero-order valence-electron chi connectivity index (χ0n) is 17.4. The summed E-state index contributed by atoms with van der Waals surface area (Å²) in [6.07, 6.45) is 0. The van der Waals surface area contributed by atoms with E-state index >= 15 is 0 Å². The van der Waals surface area contributed by atoms with E-state index in [1.54, 1.807) is 0 Å². The van der Waals surface area contributed by atoms with Crippen molar-refractivity contribution in [2.45, 2.75) is 0 Å². The lowest BCUT2D eigenvalue weighted by Crippen LogP contribution is -1.93. The number of fused-ring (bicyclic) bond motifs is 3. The van der Waals surface area contributed by atoms with E-state index in [1.165, 1.54) is 32.9 Å². The van der Waals surface area contributed by atoms with Crippen molar-refractivity contribution in [1.82, 2.24) is 4.57 Å². The Morgan fingerprint density at radius 1 is 0.438 bits per heavy atom. The Balaban J connectivity index is 1.66. The lowest BCUT2D eigenvalue weighted by Gasteiger charge is -2.09. The van der Waals surface area contributed by atoms with Crippen molar-refractivity contribution in [3.63, 3.8) is 0 Å². The number of rotatable bonds is 3. The van der Waals surface area contributed by atoms with Gasteiger partial charge >= 0.3 is 0 Å². The predicted octanol–water partition coefficient (Wildman–Crippen LogP) is 8.77. The van der Waals surface area contributed by atoms with Gasteiger partial charge in [-0.2, -0.15) is 0 Å². The van der Waals surface area contributed by atoms with Gasteiger partial charge in [-0.25, -0.2) is 0 Å². The van der Waals surface area contributed by atoms with Crippen molar-refractivity contribution < 1.29 is 0 Å². The molecule has 0 saturated carbocycles. The van der Waals surface area contributed by atoms with E-state index in [0.717, 1.165) is 21.8 Å². The molecule has 0 unspecified atom stereocenters. The molecule has 1 nitrogen and oxygen atoms in total. The number of nitrogens with zero attached hydrogens (tertiary/aromatic N) is 1. The molecule has 32 heavy (non-hydrogen) atoms. The molecule has 0 aliphatic carbocycles. The normalized spacial score (nSPS) is 11.3. The molecule has 0 aliphatic rings. The van der Waals surface area contributed by atoms with Crippen LogP contribution >= 0.6 is 11.6 Å². The highest BCUT2D eigenvalue weighted by Gasteiger charge is 2.14. The first-order valence-electron chi connectivity index (χ1n) is 10.7. The van der Waals surface area contributed by atoms with E-state index < -0.39 is 0 Å². The van der Waals surface area contributed by atoms with Crippen LogP contribution in [0.5, 0.6) is 0 Å². The maximum absolute atomic E-state index is 6.27. The first-order valence-corrected chi connectivity index (χ1v) is 11.1. The van der Waals surface area contributed by atoms with E-state index in [9.17, 15) is 0 Å². The summed E-state index contributed by atoms with van der Waals surface area (Å²) >= 11 is 6.27. The third-order valence-electron chi connectivity index (χ3n) is 6.05. The SMILES string of the molecule is Clc1cccc(-c2ccc3c4cc(-c5ccccc5)ccc4n(-c4ccccc4)c3c2)c1. The number of halogens is 1. The van der Waals surface area contributed by atoms with Crippen LogP contribution in [0.3, 0.4) is 0 Å². The van der Waals surface area contributed by atoms with Crippen LogP contribution in [0.25, 0.3) is 49.7 Å². The summed E-state index contributed by atoms with van der Waals surface area (Å²) in [4.78, 5) is 0. The quantitative estimate of drug-likeness (QED) is 0.265. The largest absolute Gasteiger partial charge is 0.309 e. The smallest absolute Gasteiger partial charge is 0.0547 e. The molecule has 6 rings (SSSR count). The lowest BCUT2D eigenvalue weighted by molar-refractivity contribution is 1.18. The fourth-order valence-corrected chi connectivity index (χ4v) is 4.72. The Labute approximate surface area is 192 Å². The fraction of sp³-hybridized carbons (Fsp3) is 0. The predicted molar refractivity (Wildman–Crippen MR) is 137 cm³/mol. The Kier molecular flexibility index (Phi) is 4.56. The van der Waals surface area contributed by atoms with E-state index in [-0.39, 0.29) is 0 Å². The van der Waals surface area contributed by atoms with Gasteiger partial charge in [0.1, 0.15) is 0 Å². The molecular formula is C30H20ClN. The number of hydrogen-bond donors (Lipinski definition) is 0. The molecule has 1 aromatic heterocycles. The standard InChI is InChI=1S/C30H20ClN/c31-25-11-7-10-22(18-25)24-14-16-27-28-19-23(21-8-3-1-4-9-21)15-17-29(28)32(30(27)20-24)26-12-5-2-6-13-26/h1-20H. The van der Waals surface area contributed by atoms with E-state index in [1.807, 2.05) is 18.2 Å². The van der Waals surface area contributed by atoms with Gasteiger partial charge in [-0.1, -0.05) is 90.5 Å². The van der Waals surface area contributed by atoms with Crippen molar-refractivity contribution in [3.05, 3.63) is 126 Å². The van der Waals surface area contributed by atoms with Crippen molar-refractivity contribution in [2.24, 2.45) is 0 Å². The maximum Gasteiger partial charge on any atom is 0.0547 e. The molecule has 0 aliphatic heterocycles. The third-order valence-corrected chi connectivity index (χ3v) is 6.28. The van der Waals surface area contributed by atoms with Crippen LogP contribution in [-0.2, 0) is 0 Å². The van der Waals surface area contributed by atoms with Crippen LogP contribution < -0.4 is 0 Å². The molecule has 5 aromatic carbocycles. The minimum atomic E-state index is 0.749. The molecule has 6 aromatic rings. The van der Waals surface area contributed by atoms with E-state index in [4.69, 9.17) is 11.6 Å². The fourth-order valence-electron chi connectivity index (χ4n) is 4.53. The first-order chi connectivity index (χ1) is 15.8. The molecule has 0 saturated heterocycles. The number of aromatic nitrogens is 1. The summed E-state index contributed by atoms with van der Waals surface area (Å²) < 4.78 is 2.35. The molecule has 0 atom stereocenters. The number of hydrogen-bond acceptors (Lipinski definition) is 0. The molecule has 0 N–H and O–H groups in total. The van der Waals surface area contributed by atoms with Gasteiger partial charge in [0.15, 0.2) is 0 Å². The average Bonchev–Trinajstić information content (AvgIpc) is 3.18. The molecular weight excluding hydrogens is 410 g/mol. The van der Waals surface area contributed by atoms with Crippen molar-refractivity contribution in [2.75, 3.05) is 0 Å². The zero-order chi connectivity index (χ0) is 21.5. The van der Waals surface area contributed by atoms with Gasteiger partial charge in [0.2, 0.25) is 0 Å². The summed E-state index contributed by atoms with van der Waals surface area (Å²) in [5.74, 6) is 0. The molecule has 0 fully saturated rings. The highest BCUT2D eigenvalue weighted by Crippen LogP contribution is 2.37. The van der Waals surface area contributed by atoms with Crippen LogP contribution in [0.1, 0.15) is 0 Å². The Morgan fingerprint density at radius 3 is 1.88 bits per heavy atom. The van der Waals surface area contributed by atoms with Gasteiger partial charge in [-0.3, -0.25) is 0 Å². The lowest BCUT2D eigenvalue weighted by atomic mass is 10.0. The minimum absolute atomic E-state index is 0.749. The second kappa shape index (κ2) is 7.71. The Morgan fingerprint density at radius 2 is 1.09 bits per heavy atom. The van der Waals surface area contributed by atoms with Gasteiger partial charge in [0.25, 0.3) is 0 Å². The second-order valence-corrected chi connectivity index (χ2v) is 8.45. The average molecular weight is 430 g/mol. The molecule has 0 amide bonds. The molecule has 2 heteroatoms. The third kappa shape index (κ3) is 3.19. The summed E-state index contributed by atoms with van der Waals surface area (Å²) in [6, 6.07) is 42.6. The van der Waals surface area contributed by atoms with Crippen LogP contribution in [-0.4, -0.2) is 4.57 Å². The monoisotopic (exact) mass is 429 g/mol. The van der Waals surface area contributed by atoms with Crippen LogP contribution in [0.4, 0.5) is 0 Å². The summed E-state index contributed by atoms with van der Waals surface area (Å²) in [5, 5.41) is 3.24. The van der Waals surface area contributed by atoms with Gasteiger partial charge in [-0.05, 0) is 64.7 Å².